The molecule has 2 aromatic carbocycles. The number of aromatic nitrogens is 1. The third-order valence-corrected chi connectivity index (χ3v) is 4.82. The Bertz CT molecular complexity index is 985. The average Bonchev–Trinajstić information content (AvgIpc) is 3.01. The van der Waals surface area contributed by atoms with Crippen molar-refractivity contribution in [2.75, 3.05) is 31.3 Å². The fraction of sp³-hybridized carbons (Fsp3) is 0.263. The number of benzene rings is 2. The van der Waals surface area contributed by atoms with E-state index in [0.29, 0.717) is 27.6 Å². The summed E-state index contributed by atoms with van der Waals surface area (Å²) in [5.74, 6) is -0.109. The van der Waals surface area contributed by atoms with E-state index >= 15 is 0 Å². The van der Waals surface area contributed by atoms with Crippen LogP contribution < -0.4 is 10.6 Å². The van der Waals surface area contributed by atoms with Crippen molar-refractivity contribution >= 4 is 38.3 Å². The summed E-state index contributed by atoms with van der Waals surface area (Å²) in [6.07, 6.45) is -4.39. The van der Waals surface area contributed by atoms with Gasteiger partial charge < -0.3 is 15.5 Å². The molecule has 0 saturated carbocycles. The molecule has 0 radical (unpaired) electrons. The lowest BCUT2D eigenvalue weighted by atomic mass is 10.2. The van der Waals surface area contributed by atoms with Gasteiger partial charge in [-0.25, -0.2) is 4.98 Å². The predicted octanol–water partition coefficient (Wildman–Crippen LogP) is 4.43. The van der Waals surface area contributed by atoms with Crippen LogP contribution in [0.3, 0.4) is 0 Å². The number of hydrogen-bond acceptors (Lipinski definition) is 5. The summed E-state index contributed by atoms with van der Waals surface area (Å²) in [4.78, 5) is 17.9. The number of likely N-dealkylation sites (N-methyl/N-ethyl adjacent to an activating group) is 1. The SMILES string of the molecule is CN(C)CC(=O)Nc1cccc(CNc2nc3cc(C(F)(F)F)ccc3s2)c1. The van der Waals surface area contributed by atoms with Crippen molar-refractivity contribution in [1.29, 1.82) is 0 Å². The second-order valence-corrected chi connectivity index (χ2v) is 7.57. The molecule has 0 atom stereocenters. The summed E-state index contributed by atoms with van der Waals surface area (Å²) < 4.78 is 39.1. The Morgan fingerprint density at radius 3 is 2.68 bits per heavy atom. The molecule has 148 valence electrons. The molecule has 0 unspecified atom stereocenters. The fourth-order valence-corrected chi connectivity index (χ4v) is 3.45. The number of halogens is 3. The molecule has 3 rings (SSSR count). The molecule has 1 heterocycles. The maximum atomic E-state index is 12.8. The summed E-state index contributed by atoms with van der Waals surface area (Å²) in [7, 11) is 3.63. The van der Waals surface area contributed by atoms with Crippen LogP contribution in [0.25, 0.3) is 10.2 Å². The van der Waals surface area contributed by atoms with Crippen molar-refractivity contribution < 1.29 is 18.0 Å². The van der Waals surface area contributed by atoms with Crippen molar-refractivity contribution in [2.45, 2.75) is 12.7 Å². The minimum atomic E-state index is -4.39. The maximum Gasteiger partial charge on any atom is 0.416 e. The van der Waals surface area contributed by atoms with Gasteiger partial charge in [-0.2, -0.15) is 13.2 Å². The lowest BCUT2D eigenvalue weighted by Gasteiger charge is -2.11. The number of nitrogens with zero attached hydrogens (tertiary/aromatic N) is 2. The highest BCUT2D eigenvalue weighted by molar-refractivity contribution is 7.22. The number of alkyl halides is 3. The first-order valence-electron chi connectivity index (χ1n) is 8.46. The summed E-state index contributed by atoms with van der Waals surface area (Å²) in [5.41, 5.74) is 1.20. The van der Waals surface area contributed by atoms with Crippen LogP contribution in [0.15, 0.2) is 42.5 Å². The molecule has 0 saturated heterocycles. The van der Waals surface area contributed by atoms with Gasteiger partial charge >= 0.3 is 6.18 Å². The Balaban J connectivity index is 1.67. The van der Waals surface area contributed by atoms with E-state index in [9.17, 15) is 18.0 Å². The number of amides is 1. The average molecular weight is 408 g/mol. The Labute approximate surface area is 164 Å². The van der Waals surface area contributed by atoms with E-state index < -0.39 is 11.7 Å². The first-order valence-corrected chi connectivity index (χ1v) is 9.27. The predicted molar refractivity (Wildman–Crippen MR) is 106 cm³/mol. The van der Waals surface area contributed by atoms with Crippen molar-refractivity contribution in [3.63, 3.8) is 0 Å². The van der Waals surface area contributed by atoms with E-state index in [-0.39, 0.29) is 12.5 Å². The molecule has 9 heteroatoms. The monoisotopic (exact) mass is 408 g/mol. The van der Waals surface area contributed by atoms with Gasteiger partial charge in [0.15, 0.2) is 5.13 Å². The first-order chi connectivity index (χ1) is 13.2. The number of carbonyl (C=O) groups excluding carboxylic acids is 1. The molecule has 0 aliphatic rings. The Hall–Kier alpha value is -2.65. The van der Waals surface area contributed by atoms with E-state index in [1.807, 2.05) is 32.3 Å². The molecule has 0 bridgehead atoms. The maximum absolute atomic E-state index is 12.8. The third-order valence-electron chi connectivity index (χ3n) is 3.83. The zero-order chi connectivity index (χ0) is 20.3. The molecule has 3 aromatic rings. The summed E-state index contributed by atoms with van der Waals surface area (Å²) in [6, 6.07) is 10.9. The lowest BCUT2D eigenvalue weighted by molar-refractivity contribution is -0.137. The van der Waals surface area contributed by atoms with Gasteiger partial charge in [0.25, 0.3) is 0 Å². The van der Waals surface area contributed by atoms with Crippen LogP contribution in [0.4, 0.5) is 24.0 Å². The minimum Gasteiger partial charge on any atom is -0.357 e. The van der Waals surface area contributed by atoms with E-state index in [4.69, 9.17) is 0 Å². The van der Waals surface area contributed by atoms with Crippen molar-refractivity contribution in [1.82, 2.24) is 9.88 Å². The van der Waals surface area contributed by atoms with Crippen molar-refractivity contribution in [3.05, 3.63) is 53.6 Å². The zero-order valence-corrected chi connectivity index (χ0v) is 16.1. The molecule has 0 spiro atoms. The van der Waals surface area contributed by atoms with E-state index in [1.54, 1.807) is 11.0 Å². The quantitative estimate of drug-likeness (QED) is 0.634. The number of anilines is 2. The van der Waals surface area contributed by atoms with Gasteiger partial charge in [-0.3, -0.25) is 4.79 Å². The molecule has 0 aliphatic carbocycles. The largest absolute Gasteiger partial charge is 0.416 e. The number of fused-ring (bicyclic) bond motifs is 1. The Kier molecular flexibility index (Phi) is 5.85. The van der Waals surface area contributed by atoms with Gasteiger partial charge in [0.1, 0.15) is 0 Å². The van der Waals surface area contributed by atoms with Gasteiger partial charge in [0.05, 0.1) is 22.3 Å². The first kappa shape index (κ1) is 20.1. The van der Waals surface area contributed by atoms with E-state index in [2.05, 4.69) is 15.6 Å². The Morgan fingerprint density at radius 2 is 1.96 bits per heavy atom. The second kappa shape index (κ2) is 8.15. The van der Waals surface area contributed by atoms with E-state index in [0.717, 1.165) is 17.7 Å². The summed E-state index contributed by atoms with van der Waals surface area (Å²) in [5, 5.41) is 6.49. The molecule has 1 amide bonds. The van der Waals surface area contributed by atoms with Crippen molar-refractivity contribution in [3.8, 4) is 0 Å². The van der Waals surface area contributed by atoms with Crippen LogP contribution in [-0.4, -0.2) is 36.4 Å². The standard InChI is InChI=1S/C19H19F3N4OS/c1-26(2)11-17(27)24-14-5-3-4-12(8-14)10-23-18-25-15-9-13(19(20,21)22)6-7-16(15)28-18/h3-9H,10-11H2,1-2H3,(H,23,25)(H,24,27). The van der Waals surface area contributed by atoms with Crippen molar-refractivity contribution in [2.24, 2.45) is 0 Å². The second-order valence-electron chi connectivity index (χ2n) is 6.54. The van der Waals surface area contributed by atoms with Gasteiger partial charge in [-0.15, -0.1) is 0 Å². The van der Waals surface area contributed by atoms with Gasteiger partial charge in [0.2, 0.25) is 5.91 Å². The van der Waals surface area contributed by atoms with Gasteiger partial charge in [-0.1, -0.05) is 23.5 Å². The fourth-order valence-electron chi connectivity index (χ4n) is 2.60. The Morgan fingerprint density at radius 1 is 1.18 bits per heavy atom. The number of thiazole rings is 1. The van der Waals surface area contributed by atoms with Crippen LogP contribution >= 0.6 is 11.3 Å². The zero-order valence-electron chi connectivity index (χ0n) is 15.3. The highest BCUT2D eigenvalue weighted by Gasteiger charge is 2.30. The van der Waals surface area contributed by atoms with E-state index in [1.165, 1.54) is 17.4 Å². The topological polar surface area (TPSA) is 57.3 Å². The molecular weight excluding hydrogens is 389 g/mol. The van der Waals surface area contributed by atoms with Crippen LogP contribution in [-0.2, 0) is 17.5 Å². The smallest absolute Gasteiger partial charge is 0.357 e. The number of rotatable bonds is 6. The highest BCUT2D eigenvalue weighted by Crippen LogP contribution is 2.34. The normalized spacial score (nSPS) is 11.8. The number of carbonyl (C=O) groups is 1. The third kappa shape index (κ3) is 5.20. The highest BCUT2D eigenvalue weighted by atomic mass is 32.1. The summed E-state index contributed by atoms with van der Waals surface area (Å²) in [6.45, 7) is 0.720. The molecule has 5 nitrogen and oxygen atoms in total. The molecular formula is C19H19F3N4OS. The van der Waals surface area contributed by atoms with Crippen LogP contribution in [0, 0.1) is 0 Å². The molecule has 2 N–H and O–H groups in total. The molecule has 1 aromatic heterocycles. The van der Waals surface area contributed by atoms with Crippen LogP contribution in [0.1, 0.15) is 11.1 Å². The molecule has 0 fully saturated rings. The number of hydrogen-bond donors (Lipinski definition) is 2. The molecule has 28 heavy (non-hydrogen) atoms. The molecule has 0 aliphatic heterocycles. The number of nitrogens with one attached hydrogen (secondary N) is 2. The van der Waals surface area contributed by atoms with Crippen LogP contribution in [0.5, 0.6) is 0 Å². The minimum absolute atomic E-state index is 0.109. The van der Waals surface area contributed by atoms with Crippen LogP contribution in [0.2, 0.25) is 0 Å². The lowest BCUT2D eigenvalue weighted by Crippen LogP contribution is -2.27. The van der Waals surface area contributed by atoms with Gasteiger partial charge in [0, 0.05) is 12.2 Å². The summed E-state index contributed by atoms with van der Waals surface area (Å²) >= 11 is 1.29. The van der Waals surface area contributed by atoms with Gasteiger partial charge in [-0.05, 0) is 50.0 Å².